The summed E-state index contributed by atoms with van der Waals surface area (Å²) in [5.41, 5.74) is 0. The first kappa shape index (κ1) is 10.4. The largest absolute Gasteiger partial charge is 0.314 e. The van der Waals surface area contributed by atoms with E-state index in [4.69, 9.17) is 0 Å². The summed E-state index contributed by atoms with van der Waals surface area (Å²) < 4.78 is 23.2. The summed E-state index contributed by atoms with van der Waals surface area (Å²) >= 11 is 0. The Kier molecular flexibility index (Phi) is 3.12. The van der Waals surface area contributed by atoms with Crippen molar-refractivity contribution >= 4 is 9.84 Å². The van der Waals surface area contributed by atoms with Gasteiger partial charge in [-0.3, -0.25) is 0 Å². The van der Waals surface area contributed by atoms with E-state index in [-0.39, 0.29) is 5.25 Å². The molecule has 0 amide bonds. The van der Waals surface area contributed by atoms with Crippen LogP contribution in [-0.2, 0) is 9.84 Å². The van der Waals surface area contributed by atoms with E-state index in [1.165, 1.54) is 12.8 Å². The molecule has 1 aliphatic heterocycles. The van der Waals surface area contributed by atoms with Gasteiger partial charge in [0.2, 0.25) is 0 Å². The summed E-state index contributed by atoms with van der Waals surface area (Å²) in [6.07, 6.45) is 6.27. The molecule has 2 fully saturated rings. The summed E-state index contributed by atoms with van der Waals surface area (Å²) in [5, 5.41) is 3.41. The van der Waals surface area contributed by atoms with Gasteiger partial charge < -0.3 is 5.32 Å². The van der Waals surface area contributed by atoms with Crippen molar-refractivity contribution in [3.05, 3.63) is 0 Å². The Morgan fingerprint density at radius 2 is 1.93 bits per heavy atom. The van der Waals surface area contributed by atoms with Gasteiger partial charge in [-0.15, -0.1) is 0 Å². The average Bonchev–Trinajstić information content (AvgIpc) is 3.00. The third kappa shape index (κ3) is 2.70. The molecule has 0 aromatic rings. The van der Waals surface area contributed by atoms with Gasteiger partial charge >= 0.3 is 0 Å². The maximum atomic E-state index is 11.6. The SMILES string of the molecule is O=S(=O)(CCC1CCCCN1)C1CC1. The molecule has 1 saturated carbocycles. The van der Waals surface area contributed by atoms with E-state index in [1.54, 1.807) is 0 Å². The number of rotatable bonds is 4. The van der Waals surface area contributed by atoms with Crippen molar-refractivity contribution in [3.8, 4) is 0 Å². The number of hydrogen-bond acceptors (Lipinski definition) is 3. The summed E-state index contributed by atoms with van der Waals surface area (Å²) in [7, 11) is -2.73. The maximum absolute atomic E-state index is 11.6. The summed E-state index contributed by atoms with van der Waals surface area (Å²) in [5.74, 6) is 0.398. The monoisotopic (exact) mass is 217 g/mol. The van der Waals surface area contributed by atoms with Gasteiger partial charge in [0.1, 0.15) is 0 Å². The Bertz CT molecular complexity index is 276. The zero-order valence-electron chi connectivity index (χ0n) is 8.54. The Labute approximate surface area is 86.2 Å². The van der Waals surface area contributed by atoms with Crippen LogP contribution < -0.4 is 5.32 Å². The lowest BCUT2D eigenvalue weighted by Crippen LogP contribution is -2.35. The van der Waals surface area contributed by atoms with Crippen LogP contribution in [0.25, 0.3) is 0 Å². The van der Waals surface area contributed by atoms with Crippen LogP contribution in [0, 0.1) is 0 Å². The third-order valence-corrected chi connectivity index (χ3v) is 5.49. The lowest BCUT2D eigenvalue weighted by Gasteiger charge is -2.23. The Morgan fingerprint density at radius 3 is 2.50 bits per heavy atom. The predicted octanol–water partition coefficient (Wildman–Crippen LogP) is 1.10. The van der Waals surface area contributed by atoms with Gasteiger partial charge in [-0.05, 0) is 38.6 Å². The molecule has 2 aliphatic rings. The van der Waals surface area contributed by atoms with Crippen LogP contribution in [-0.4, -0.2) is 32.0 Å². The zero-order valence-corrected chi connectivity index (χ0v) is 9.35. The van der Waals surface area contributed by atoms with Crippen molar-refractivity contribution in [3.63, 3.8) is 0 Å². The second-order valence-electron chi connectivity index (χ2n) is 4.50. The Hall–Kier alpha value is -0.0900. The molecule has 82 valence electrons. The molecule has 1 atom stereocenters. The highest BCUT2D eigenvalue weighted by atomic mass is 32.2. The van der Waals surface area contributed by atoms with E-state index >= 15 is 0 Å². The second kappa shape index (κ2) is 4.19. The van der Waals surface area contributed by atoms with Crippen molar-refractivity contribution in [2.45, 2.75) is 49.8 Å². The highest BCUT2D eigenvalue weighted by Crippen LogP contribution is 2.29. The summed E-state index contributed by atoms with van der Waals surface area (Å²) in [6, 6.07) is 0.456. The van der Waals surface area contributed by atoms with Gasteiger partial charge in [0.05, 0.1) is 11.0 Å². The number of nitrogens with one attached hydrogen (secondary N) is 1. The quantitative estimate of drug-likeness (QED) is 0.767. The normalized spacial score (nSPS) is 29.0. The molecule has 0 bridgehead atoms. The molecular formula is C10H19NO2S. The minimum Gasteiger partial charge on any atom is -0.314 e. The van der Waals surface area contributed by atoms with E-state index in [0.29, 0.717) is 11.8 Å². The van der Waals surface area contributed by atoms with Crippen molar-refractivity contribution in [1.82, 2.24) is 5.32 Å². The highest BCUT2D eigenvalue weighted by Gasteiger charge is 2.35. The van der Waals surface area contributed by atoms with Crippen LogP contribution in [0.2, 0.25) is 0 Å². The van der Waals surface area contributed by atoms with Crippen molar-refractivity contribution in [2.24, 2.45) is 0 Å². The van der Waals surface area contributed by atoms with Gasteiger partial charge in [0.25, 0.3) is 0 Å². The molecule has 0 aromatic carbocycles. The fraction of sp³-hybridized carbons (Fsp3) is 1.00. The molecule has 2 rings (SSSR count). The van der Waals surface area contributed by atoms with E-state index < -0.39 is 9.84 Å². The van der Waals surface area contributed by atoms with E-state index in [2.05, 4.69) is 5.32 Å². The molecule has 1 unspecified atom stereocenters. The topological polar surface area (TPSA) is 46.2 Å². The van der Waals surface area contributed by atoms with Crippen molar-refractivity contribution in [1.29, 1.82) is 0 Å². The first-order chi connectivity index (χ1) is 6.68. The van der Waals surface area contributed by atoms with Crippen LogP contribution in [0.15, 0.2) is 0 Å². The number of hydrogen-bond donors (Lipinski definition) is 1. The molecule has 3 nitrogen and oxygen atoms in total. The van der Waals surface area contributed by atoms with Crippen molar-refractivity contribution < 1.29 is 8.42 Å². The minimum atomic E-state index is -2.73. The lowest BCUT2D eigenvalue weighted by molar-refractivity contribution is 0.392. The van der Waals surface area contributed by atoms with Gasteiger partial charge in [0.15, 0.2) is 9.84 Å². The van der Waals surface area contributed by atoms with Crippen LogP contribution in [0.3, 0.4) is 0 Å². The maximum Gasteiger partial charge on any atom is 0.153 e. The predicted molar refractivity (Wildman–Crippen MR) is 57.1 cm³/mol. The minimum absolute atomic E-state index is 0.0195. The Morgan fingerprint density at radius 1 is 1.14 bits per heavy atom. The number of piperidine rings is 1. The first-order valence-electron chi connectivity index (χ1n) is 5.63. The molecule has 1 heterocycles. The molecule has 1 aliphatic carbocycles. The standard InChI is InChI=1S/C10H19NO2S/c12-14(13,10-4-5-10)8-6-9-3-1-2-7-11-9/h9-11H,1-8H2. The van der Waals surface area contributed by atoms with Gasteiger partial charge in [-0.1, -0.05) is 6.42 Å². The molecule has 4 heteroatoms. The first-order valence-corrected chi connectivity index (χ1v) is 7.35. The molecular weight excluding hydrogens is 198 g/mol. The molecule has 0 radical (unpaired) electrons. The average molecular weight is 217 g/mol. The highest BCUT2D eigenvalue weighted by molar-refractivity contribution is 7.92. The van der Waals surface area contributed by atoms with E-state index in [0.717, 1.165) is 32.2 Å². The lowest BCUT2D eigenvalue weighted by atomic mass is 10.0. The smallest absolute Gasteiger partial charge is 0.153 e. The van der Waals surface area contributed by atoms with Gasteiger partial charge in [-0.25, -0.2) is 8.42 Å². The fourth-order valence-electron chi connectivity index (χ4n) is 2.07. The second-order valence-corrected chi connectivity index (χ2v) is 6.90. The van der Waals surface area contributed by atoms with Crippen LogP contribution in [0.4, 0.5) is 0 Å². The van der Waals surface area contributed by atoms with E-state index in [9.17, 15) is 8.42 Å². The zero-order chi connectivity index (χ0) is 10.0. The molecule has 1 saturated heterocycles. The third-order valence-electron chi connectivity index (χ3n) is 3.20. The molecule has 0 spiro atoms. The summed E-state index contributed by atoms with van der Waals surface area (Å²) in [6.45, 7) is 1.06. The van der Waals surface area contributed by atoms with Crippen LogP contribution in [0.5, 0.6) is 0 Å². The Balaban J connectivity index is 1.75. The van der Waals surface area contributed by atoms with Gasteiger partial charge in [-0.2, -0.15) is 0 Å². The molecule has 0 aromatic heterocycles. The van der Waals surface area contributed by atoms with Gasteiger partial charge in [0, 0.05) is 6.04 Å². The fourth-order valence-corrected chi connectivity index (χ4v) is 3.87. The van der Waals surface area contributed by atoms with Crippen LogP contribution >= 0.6 is 0 Å². The van der Waals surface area contributed by atoms with Crippen molar-refractivity contribution in [2.75, 3.05) is 12.3 Å². The summed E-state index contributed by atoms with van der Waals surface area (Å²) in [4.78, 5) is 0. The van der Waals surface area contributed by atoms with Crippen LogP contribution in [0.1, 0.15) is 38.5 Å². The number of sulfone groups is 1. The molecule has 14 heavy (non-hydrogen) atoms. The van der Waals surface area contributed by atoms with E-state index in [1.807, 2.05) is 0 Å². The molecule has 1 N–H and O–H groups in total.